The van der Waals surface area contributed by atoms with E-state index in [0.717, 1.165) is 25.8 Å². The Kier molecular flexibility index (Phi) is 9.77. The molecule has 0 radical (unpaired) electrons. The topological polar surface area (TPSA) is 86.2 Å². The van der Waals surface area contributed by atoms with E-state index in [1.54, 1.807) is 19.2 Å². The number of halogens is 1. The normalized spacial score (nSPS) is 10.7. The smallest absolute Gasteiger partial charge is 0.344 e. The van der Waals surface area contributed by atoms with Gasteiger partial charge in [-0.2, -0.15) is 5.10 Å². The van der Waals surface area contributed by atoms with Crippen molar-refractivity contribution >= 4 is 40.7 Å². The molecule has 0 saturated heterocycles. The van der Waals surface area contributed by atoms with Gasteiger partial charge in [0.15, 0.2) is 18.1 Å². The van der Waals surface area contributed by atoms with Crippen molar-refractivity contribution in [2.24, 2.45) is 5.10 Å². The van der Waals surface area contributed by atoms with Crippen LogP contribution in [0.2, 0.25) is 0 Å². The summed E-state index contributed by atoms with van der Waals surface area (Å²) in [6.45, 7) is 8.12. The van der Waals surface area contributed by atoms with E-state index >= 15 is 0 Å². The number of rotatable bonds is 10. The van der Waals surface area contributed by atoms with Crippen LogP contribution in [-0.4, -0.2) is 37.9 Å². The van der Waals surface area contributed by atoms with Gasteiger partial charge < -0.3 is 14.2 Å². The van der Waals surface area contributed by atoms with Crippen LogP contribution in [0.25, 0.3) is 0 Å². The molecule has 0 atom stereocenters. The zero-order valence-electron chi connectivity index (χ0n) is 18.2. The lowest BCUT2D eigenvalue weighted by Crippen LogP contribution is -2.20. The van der Waals surface area contributed by atoms with E-state index in [2.05, 4.69) is 39.2 Å². The number of esters is 1. The number of hydrogen-bond acceptors (Lipinski definition) is 6. The molecule has 0 heterocycles. The number of hydrogen-bond donors (Lipinski definition) is 1. The number of benzene rings is 2. The number of hydrazone groups is 1. The number of amides is 1. The van der Waals surface area contributed by atoms with E-state index in [4.69, 9.17) is 14.2 Å². The van der Waals surface area contributed by atoms with E-state index in [1.807, 2.05) is 39.0 Å². The maximum absolute atomic E-state index is 12.2. The summed E-state index contributed by atoms with van der Waals surface area (Å²) >= 11 is 2.10. The van der Waals surface area contributed by atoms with Crippen LogP contribution in [0.1, 0.15) is 36.1 Å². The van der Waals surface area contributed by atoms with Crippen LogP contribution in [0.4, 0.5) is 0 Å². The van der Waals surface area contributed by atoms with Crippen LogP contribution in [0.15, 0.2) is 35.4 Å². The molecule has 1 amide bonds. The van der Waals surface area contributed by atoms with Crippen LogP contribution in [0.5, 0.6) is 11.5 Å². The summed E-state index contributed by atoms with van der Waals surface area (Å²) < 4.78 is 16.9. The van der Waals surface area contributed by atoms with Crippen molar-refractivity contribution in [3.63, 3.8) is 0 Å². The molecule has 0 bridgehead atoms. The quantitative estimate of drug-likeness (QED) is 0.215. The van der Waals surface area contributed by atoms with Gasteiger partial charge in [0, 0.05) is 0 Å². The molecule has 0 aliphatic carbocycles. The Hall–Kier alpha value is -2.62. The molecule has 31 heavy (non-hydrogen) atoms. The van der Waals surface area contributed by atoms with E-state index < -0.39 is 5.97 Å². The largest absolute Gasteiger partial charge is 0.490 e. The van der Waals surface area contributed by atoms with Gasteiger partial charge in [0.25, 0.3) is 0 Å². The molecular weight excluding hydrogens is 511 g/mol. The number of nitrogens with zero attached hydrogens (tertiary/aromatic N) is 1. The average molecular weight is 538 g/mol. The lowest BCUT2D eigenvalue weighted by atomic mass is 10.0. The van der Waals surface area contributed by atoms with Crippen molar-refractivity contribution in [2.45, 2.75) is 34.1 Å². The van der Waals surface area contributed by atoms with Gasteiger partial charge in [-0.05, 0) is 79.1 Å². The van der Waals surface area contributed by atoms with Crippen molar-refractivity contribution in [2.75, 3.05) is 19.8 Å². The van der Waals surface area contributed by atoms with E-state index in [-0.39, 0.29) is 18.9 Å². The third kappa shape index (κ3) is 7.86. The summed E-state index contributed by atoms with van der Waals surface area (Å²) in [4.78, 5) is 23.8. The Bertz CT molecular complexity index is 959. The summed E-state index contributed by atoms with van der Waals surface area (Å²) in [5.74, 6) is 0.309. The van der Waals surface area contributed by atoms with Gasteiger partial charge >= 0.3 is 5.97 Å². The first kappa shape index (κ1) is 24.6. The van der Waals surface area contributed by atoms with Crippen LogP contribution in [-0.2, 0) is 20.7 Å². The Balaban J connectivity index is 2.05. The molecule has 0 spiro atoms. The van der Waals surface area contributed by atoms with Gasteiger partial charge in [-0.15, -0.1) is 0 Å². The fourth-order valence-electron chi connectivity index (χ4n) is 2.83. The fraction of sp³-hybridized carbons (Fsp3) is 0.348. The molecule has 0 aromatic heterocycles. The number of nitrogens with one attached hydrogen (secondary N) is 1. The van der Waals surface area contributed by atoms with Gasteiger partial charge in [-0.1, -0.05) is 23.8 Å². The Labute approximate surface area is 196 Å². The predicted molar refractivity (Wildman–Crippen MR) is 128 cm³/mol. The maximum atomic E-state index is 12.2. The van der Waals surface area contributed by atoms with Crippen molar-refractivity contribution in [1.29, 1.82) is 0 Å². The minimum absolute atomic E-state index is 0.197. The van der Waals surface area contributed by atoms with Crippen LogP contribution in [0.3, 0.4) is 0 Å². The van der Waals surface area contributed by atoms with Gasteiger partial charge in [0.2, 0.25) is 5.91 Å². The second-order valence-electron chi connectivity index (χ2n) is 6.76. The highest BCUT2D eigenvalue weighted by molar-refractivity contribution is 14.1. The predicted octanol–water partition coefficient (Wildman–Crippen LogP) is 3.94. The average Bonchev–Trinajstić information content (AvgIpc) is 2.70. The lowest BCUT2D eigenvalue weighted by molar-refractivity contribution is -0.145. The minimum Gasteiger partial charge on any atom is -0.490 e. The molecule has 166 valence electrons. The van der Waals surface area contributed by atoms with Crippen LogP contribution < -0.4 is 14.9 Å². The Morgan fingerprint density at radius 1 is 1.10 bits per heavy atom. The van der Waals surface area contributed by atoms with E-state index in [0.29, 0.717) is 24.7 Å². The Morgan fingerprint density at radius 3 is 2.55 bits per heavy atom. The molecule has 2 rings (SSSR count). The fourth-order valence-corrected chi connectivity index (χ4v) is 3.62. The second-order valence-corrected chi connectivity index (χ2v) is 7.92. The molecule has 2 aromatic carbocycles. The molecule has 0 aliphatic rings. The number of carbonyl (C=O) groups excluding carboxylic acids is 2. The number of ether oxygens (including phenoxy) is 3. The number of carbonyl (C=O) groups is 2. The minimum atomic E-state index is -0.446. The summed E-state index contributed by atoms with van der Waals surface area (Å²) in [5.41, 5.74) is 6.49. The monoisotopic (exact) mass is 538 g/mol. The highest BCUT2D eigenvalue weighted by atomic mass is 127. The maximum Gasteiger partial charge on any atom is 0.344 e. The van der Waals surface area contributed by atoms with E-state index in [9.17, 15) is 9.59 Å². The van der Waals surface area contributed by atoms with Gasteiger partial charge in [-0.3, -0.25) is 4.79 Å². The van der Waals surface area contributed by atoms with Crippen molar-refractivity contribution in [3.05, 3.63) is 56.2 Å². The summed E-state index contributed by atoms with van der Waals surface area (Å²) in [6, 6.07) is 9.56. The molecule has 0 unspecified atom stereocenters. The second kappa shape index (κ2) is 12.3. The zero-order chi connectivity index (χ0) is 22.8. The third-order valence-corrected chi connectivity index (χ3v) is 5.02. The SMILES string of the molecule is CCOC(=O)COc1c(I)cc(/C=N/NC(=O)Cc2ccc(C)cc2C)cc1OCC. The third-order valence-electron chi connectivity index (χ3n) is 4.22. The summed E-state index contributed by atoms with van der Waals surface area (Å²) in [6.07, 6.45) is 1.80. The van der Waals surface area contributed by atoms with Crippen LogP contribution >= 0.6 is 22.6 Å². The van der Waals surface area contributed by atoms with Crippen molar-refractivity contribution < 1.29 is 23.8 Å². The highest BCUT2D eigenvalue weighted by Crippen LogP contribution is 2.34. The number of aryl methyl sites for hydroxylation is 2. The zero-order valence-corrected chi connectivity index (χ0v) is 20.3. The molecule has 8 heteroatoms. The summed E-state index contributed by atoms with van der Waals surface area (Å²) in [5, 5.41) is 4.06. The molecule has 0 fully saturated rings. The van der Waals surface area contributed by atoms with Gasteiger partial charge in [0.1, 0.15) is 0 Å². The van der Waals surface area contributed by atoms with Crippen molar-refractivity contribution in [3.8, 4) is 11.5 Å². The first-order valence-electron chi connectivity index (χ1n) is 9.96. The molecule has 1 N–H and O–H groups in total. The first-order valence-corrected chi connectivity index (χ1v) is 11.0. The lowest BCUT2D eigenvalue weighted by Gasteiger charge is -2.14. The Morgan fingerprint density at radius 2 is 1.87 bits per heavy atom. The summed E-state index contributed by atoms with van der Waals surface area (Å²) in [7, 11) is 0. The molecular formula is C23H27IN2O5. The van der Waals surface area contributed by atoms with Gasteiger partial charge in [0.05, 0.1) is 29.4 Å². The molecule has 7 nitrogen and oxygen atoms in total. The first-order chi connectivity index (χ1) is 14.8. The standard InChI is InChI=1S/C23H27IN2O5/c1-5-29-20-11-17(10-19(24)23(20)31-14-22(28)30-6-2)13-25-26-21(27)12-18-8-7-15(3)9-16(18)4/h7-11,13H,5-6,12,14H2,1-4H3,(H,26,27)/b25-13+. The van der Waals surface area contributed by atoms with E-state index in [1.165, 1.54) is 0 Å². The highest BCUT2D eigenvalue weighted by Gasteiger charge is 2.14. The molecule has 0 aliphatic heterocycles. The van der Waals surface area contributed by atoms with Gasteiger partial charge in [-0.25, -0.2) is 10.2 Å². The molecule has 2 aromatic rings. The molecule has 0 saturated carbocycles. The van der Waals surface area contributed by atoms with Crippen LogP contribution in [0, 0.1) is 17.4 Å². The van der Waals surface area contributed by atoms with Crippen molar-refractivity contribution in [1.82, 2.24) is 5.43 Å².